The Hall–Kier alpha value is -1.00. The van der Waals surface area contributed by atoms with E-state index in [0.717, 1.165) is 37.4 Å². The van der Waals surface area contributed by atoms with Gasteiger partial charge < -0.3 is 10.1 Å². The molecule has 1 aromatic rings. The van der Waals surface area contributed by atoms with Crippen molar-refractivity contribution in [2.24, 2.45) is 0 Å². The van der Waals surface area contributed by atoms with E-state index in [-0.39, 0.29) is 6.04 Å². The Kier molecular flexibility index (Phi) is 6.83. The van der Waals surface area contributed by atoms with Crippen LogP contribution in [0, 0.1) is 6.92 Å². The highest BCUT2D eigenvalue weighted by Crippen LogP contribution is 2.11. The fourth-order valence-corrected chi connectivity index (χ4v) is 1.80. The fourth-order valence-electron chi connectivity index (χ4n) is 1.80. The van der Waals surface area contributed by atoms with Crippen molar-refractivity contribution >= 4 is 0 Å². The van der Waals surface area contributed by atoms with Gasteiger partial charge in [-0.15, -0.1) is 0 Å². The van der Waals surface area contributed by atoms with Gasteiger partial charge in [-0.25, -0.2) is 0 Å². The highest BCUT2D eigenvalue weighted by atomic mass is 16.5. The van der Waals surface area contributed by atoms with Gasteiger partial charge in [-0.05, 0) is 47.1 Å². The predicted molar refractivity (Wildman–Crippen MR) is 73.5 cm³/mol. The smallest absolute Gasteiger partial charge is 0.0782 e. The summed E-state index contributed by atoms with van der Waals surface area (Å²) in [4.78, 5) is 8.62. The van der Waals surface area contributed by atoms with Crippen LogP contribution in [0.25, 0.3) is 0 Å². The minimum atomic E-state index is 0.254. The number of aromatic nitrogens is 2. The van der Waals surface area contributed by atoms with Crippen LogP contribution in [-0.4, -0.2) is 29.2 Å². The number of hydrogen-bond donors (Lipinski definition) is 1. The number of ether oxygens (including phenoxy) is 1. The summed E-state index contributed by atoms with van der Waals surface area (Å²) in [5.74, 6) is 0. The summed E-state index contributed by atoms with van der Waals surface area (Å²) in [6.07, 6.45) is 6.03. The standard InChI is InChI=1S/C14H25N3O/c1-11(2)18-10-6-5-7-15-12(3)14-13(4)16-8-9-17-14/h8-9,11-12,15H,5-7,10H2,1-4H3. The van der Waals surface area contributed by atoms with Gasteiger partial charge in [0.1, 0.15) is 0 Å². The van der Waals surface area contributed by atoms with Crippen LogP contribution in [0.1, 0.15) is 51.0 Å². The lowest BCUT2D eigenvalue weighted by atomic mass is 10.2. The lowest BCUT2D eigenvalue weighted by Crippen LogP contribution is -2.22. The van der Waals surface area contributed by atoms with E-state index in [1.807, 2.05) is 6.92 Å². The molecule has 1 heterocycles. The van der Waals surface area contributed by atoms with E-state index in [9.17, 15) is 0 Å². The summed E-state index contributed by atoms with van der Waals surface area (Å²) in [6, 6.07) is 0.254. The molecule has 0 saturated carbocycles. The van der Waals surface area contributed by atoms with Gasteiger partial charge >= 0.3 is 0 Å². The molecule has 0 bridgehead atoms. The lowest BCUT2D eigenvalue weighted by Gasteiger charge is -2.14. The highest BCUT2D eigenvalue weighted by Gasteiger charge is 2.08. The average molecular weight is 251 g/mol. The first-order valence-electron chi connectivity index (χ1n) is 6.73. The van der Waals surface area contributed by atoms with E-state index in [1.54, 1.807) is 12.4 Å². The second-order valence-corrected chi connectivity index (χ2v) is 4.83. The van der Waals surface area contributed by atoms with Gasteiger partial charge in [-0.2, -0.15) is 0 Å². The molecule has 0 radical (unpaired) electrons. The summed E-state index contributed by atoms with van der Waals surface area (Å²) >= 11 is 0. The van der Waals surface area contributed by atoms with Crippen molar-refractivity contribution in [3.05, 3.63) is 23.8 Å². The maximum absolute atomic E-state index is 5.50. The molecule has 4 nitrogen and oxygen atoms in total. The first-order chi connectivity index (χ1) is 8.61. The number of aryl methyl sites for hydroxylation is 1. The van der Waals surface area contributed by atoms with Crippen LogP contribution >= 0.6 is 0 Å². The number of nitrogens with one attached hydrogen (secondary N) is 1. The Morgan fingerprint density at radius 2 is 1.89 bits per heavy atom. The molecule has 0 aliphatic carbocycles. The van der Waals surface area contributed by atoms with Crippen molar-refractivity contribution in [3.63, 3.8) is 0 Å². The molecule has 1 rings (SSSR count). The van der Waals surface area contributed by atoms with E-state index in [2.05, 4.69) is 36.1 Å². The van der Waals surface area contributed by atoms with E-state index in [0.29, 0.717) is 6.10 Å². The van der Waals surface area contributed by atoms with E-state index < -0.39 is 0 Å². The minimum absolute atomic E-state index is 0.254. The largest absolute Gasteiger partial charge is 0.379 e. The fraction of sp³-hybridized carbons (Fsp3) is 0.714. The van der Waals surface area contributed by atoms with E-state index >= 15 is 0 Å². The molecule has 0 aliphatic rings. The summed E-state index contributed by atoms with van der Waals surface area (Å²) < 4.78 is 5.50. The second-order valence-electron chi connectivity index (χ2n) is 4.83. The quantitative estimate of drug-likeness (QED) is 0.722. The van der Waals surface area contributed by atoms with Crippen LogP contribution < -0.4 is 5.32 Å². The van der Waals surface area contributed by atoms with Gasteiger partial charge in [0.25, 0.3) is 0 Å². The Balaban J connectivity index is 2.18. The molecule has 1 aromatic heterocycles. The van der Waals surface area contributed by atoms with Gasteiger partial charge in [0.2, 0.25) is 0 Å². The van der Waals surface area contributed by atoms with Crippen molar-refractivity contribution in [1.29, 1.82) is 0 Å². The van der Waals surface area contributed by atoms with Crippen molar-refractivity contribution < 1.29 is 4.74 Å². The third kappa shape index (κ3) is 5.56. The van der Waals surface area contributed by atoms with Crippen LogP contribution in [-0.2, 0) is 4.74 Å². The SMILES string of the molecule is Cc1nccnc1C(C)NCCCCOC(C)C. The first kappa shape index (κ1) is 15.1. The first-order valence-corrected chi connectivity index (χ1v) is 6.73. The topological polar surface area (TPSA) is 47.0 Å². The van der Waals surface area contributed by atoms with Crippen LogP contribution in [0.3, 0.4) is 0 Å². The molecular formula is C14H25N3O. The molecule has 1 N–H and O–H groups in total. The third-order valence-electron chi connectivity index (χ3n) is 2.80. The molecule has 1 atom stereocenters. The summed E-state index contributed by atoms with van der Waals surface area (Å²) in [5, 5.41) is 3.47. The van der Waals surface area contributed by atoms with Crippen molar-refractivity contribution in [3.8, 4) is 0 Å². The molecular weight excluding hydrogens is 226 g/mol. The van der Waals surface area contributed by atoms with Gasteiger partial charge in [0, 0.05) is 25.0 Å². The van der Waals surface area contributed by atoms with Crippen LogP contribution in [0.2, 0.25) is 0 Å². The van der Waals surface area contributed by atoms with Crippen molar-refractivity contribution in [2.75, 3.05) is 13.2 Å². The molecule has 102 valence electrons. The Labute approximate surface area is 110 Å². The van der Waals surface area contributed by atoms with E-state index in [4.69, 9.17) is 4.74 Å². The average Bonchev–Trinajstić information content (AvgIpc) is 2.33. The molecule has 0 fully saturated rings. The number of nitrogens with zero attached hydrogens (tertiary/aromatic N) is 2. The van der Waals surface area contributed by atoms with Gasteiger partial charge in [-0.1, -0.05) is 0 Å². The zero-order chi connectivity index (χ0) is 13.4. The molecule has 0 saturated heterocycles. The number of unbranched alkanes of at least 4 members (excludes halogenated alkanes) is 1. The lowest BCUT2D eigenvalue weighted by molar-refractivity contribution is 0.0759. The normalized spacial score (nSPS) is 12.9. The Morgan fingerprint density at radius 1 is 1.17 bits per heavy atom. The summed E-state index contributed by atoms with van der Waals surface area (Å²) in [5.41, 5.74) is 2.04. The third-order valence-corrected chi connectivity index (χ3v) is 2.80. The molecule has 0 aromatic carbocycles. The second kappa shape index (κ2) is 8.16. The maximum Gasteiger partial charge on any atom is 0.0782 e. The number of rotatable bonds is 8. The van der Waals surface area contributed by atoms with Crippen molar-refractivity contribution in [1.82, 2.24) is 15.3 Å². The Bertz CT molecular complexity index is 342. The molecule has 1 unspecified atom stereocenters. The zero-order valence-electron chi connectivity index (χ0n) is 11.9. The molecule has 4 heteroatoms. The van der Waals surface area contributed by atoms with Gasteiger partial charge in [-0.3, -0.25) is 9.97 Å². The number of hydrogen-bond acceptors (Lipinski definition) is 4. The summed E-state index contributed by atoms with van der Waals surface area (Å²) in [6.45, 7) is 10.1. The summed E-state index contributed by atoms with van der Waals surface area (Å²) in [7, 11) is 0. The van der Waals surface area contributed by atoms with Crippen molar-refractivity contribution in [2.45, 2.75) is 52.7 Å². The van der Waals surface area contributed by atoms with Crippen LogP contribution in [0.5, 0.6) is 0 Å². The molecule has 0 aliphatic heterocycles. The van der Waals surface area contributed by atoms with Crippen LogP contribution in [0.4, 0.5) is 0 Å². The predicted octanol–water partition coefficient (Wildman–Crippen LogP) is 2.64. The maximum atomic E-state index is 5.50. The van der Waals surface area contributed by atoms with Gasteiger partial charge in [0.05, 0.1) is 17.5 Å². The molecule has 0 spiro atoms. The molecule has 0 amide bonds. The monoisotopic (exact) mass is 251 g/mol. The highest BCUT2D eigenvalue weighted by molar-refractivity contribution is 5.12. The molecule has 18 heavy (non-hydrogen) atoms. The Morgan fingerprint density at radius 3 is 2.56 bits per heavy atom. The van der Waals surface area contributed by atoms with E-state index in [1.165, 1.54) is 0 Å². The zero-order valence-corrected chi connectivity index (χ0v) is 11.9. The van der Waals surface area contributed by atoms with Crippen LogP contribution in [0.15, 0.2) is 12.4 Å². The van der Waals surface area contributed by atoms with Gasteiger partial charge in [0.15, 0.2) is 0 Å². The minimum Gasteiger partial charge on any atom is -0.379 e.